The van der Waals surface area contributed by atoms with E-state index in [0.717, 1.165) is 12.1 Å². The van der Waals surface area contributed by atoms with Crippen LogP contribution in [0.5, 0.6) is 0 Å². The summed E-state index contributed by atoms with van der Waals surface area (Å²) < 4.78 is 0. The van der Waals surface area contributed by atoms with E-state index in [0.29, 0.717) is 19.0 Å². The zero-order valence-electron chi connectivity index (χ0n) is 10.8. The van der Waals surface area contributed by atoms with Gasteiger partial charge in [-0.15, -0.1) is 0 Å². The number of hydrogen-bond donors (Lipinski definition) is 1. The molecule has 1 aromatic rings. The van der Waals surface area contributed by atoms with E-state index in [2.05, 4.69) is 4.98 Å². The lowest BCUT2D eigenvalue weighted by molar-refractivity contribution is -0.145. The summed E-state index contributed by atoms with van der Waals surface area (Å²) >= 11 is 0. The minimum absolute atomic E-state index is 0.312. The quantitative estimate of drug-likeness (QED) is 0.789. The average Bonchev–Trinajstić information content (AvgIpc) is 2.38. The second-order valence-electron chi connectivity index (χ2n) is 4.38. The summed E-state index contributed by atoms with van der Waals surface area (Å²) in [5.41, 5.74) is 5.80. The Labute approximate surface area is 107 Å². The third kappa shape index (κ3) is 4.16. The van der Waals surface area contributed by atoms with Crippen molar-refractivity contribution in [1.29, 1.82) is 0 Å². The topological polar surface area (TPSA) is 76.3 Å². The number of hydrogen-bond acceptors (Lipinski definition) is 3. The summed E-state index contributed by atoms with van der Waals surface area (Å²) in [5, 5.41) is 0. The highest BCUT2D eigenvalue weighted by molar-refractivity contribution is 6.34. The lowest BCUT2D eigenvalue weighted by atomic mass is 10.1. The van der Waals surface area contributed by atoms with Gasteiger partial charge in [0.25, 0.3) is 0 Å². The van der Waals surface area contributed by atoms with Crippen molar-refractivity contribution >= 4 is 11.8 Å². The molecule has 0 bridgehead atoms. The molecule has 1 heterocycles. The fourth-order valence-electron chi connectivity index (χ4n) is 1.57. The van der Waals surface area contributed by atoms with Gasteiger partial charge >= 0.3 is 11.8 Å². The lowest BCUT2D eigenvalue weighted by Gasteiger charge is -2.23. The summed E-state index contributed by atoms with van der Waals surface area (Å²) in [6.07, 6.45) is 2.59. The number of nitrogens with zero attached hydrogens (tertiary/aromatic N) is 2. The molecule has 5 heteroatoms. The first-order valence-corrected chi connectivity index (χ1v) is 6.03. The Morgan fingerprint density at radius 1 is 1.44 bits per heavy atom. The normalized spacial score (nSPS) is 11.9. The molecule has 0 aliphatic carbocycles. The molecule has 1 atom stereocenters. The van der Waals surface area contributed by atoms with Crippen LogP contribution in [0.1, 0.15) is 26.0 Å². The van der Waals surface area contributed by atoms with Crippen molar-refractivity contribution in [3.8, 4) is 0 Å². The predicted octanol–water partition coefficient (Wildman–Crippen LogP) is 0.942. The molecule has 0 radical (unpaired) electrons. The van der Waals surface area contributed by atoms with Crippen LogP contribution in [0.3, 0.4) is 0 Å². The van der Waals surface area contributed by atoms with Crippen LogP contribution >= 0.6 is 0 Å². The highest BCUT2D eigenvalue weighted by Crippen LogP contribution is 2.08. The summed E-state index contributed by atoms with van der Waals surface area (Å²) in [7, 11) is 0. The monoisotopic (exact) mass is 249 g/mol. The summed E-state index contributed by atoms with van der Waals surface area (Å²) in [6, 6.07) is 5.47. The number of carbonyl (C=O) groups is 2. The maximum absolute atomic E-state index is 11.7. The number of primary amides is 1. The van der Waals surface area contributed by atoms with Crippen LogP contribution in [0, 0.1) is 5.92 Å². The van der Waals surface area contributed by atoms with Gasteiger partial charge in [-0.3, -0.25) is 14.6 Å². The highest BCUT2D eigenvalue weighted by atomic mass is 16.2. The highest BCUT2D eigenvalue weighted by Gasteiger charge is 2.21. The number of rotatable bonds is 5. The zero-order chi connectivity index (χ0) is 13.5. The fourth-order valence-corrected chi connectivity index (χ4v) is 1.57. The van der Waals surface area contributed by atoms with Crippen molar-refractivity contribution in [3.05, 3.63) is 30.1 Å². The first kappa shape index (κ1) is 14.2. The Bertz CT molecular complexity index is 406. The van der Waals surface area contributed by atoms with Crippen LogP contribution in [0.2, 0.25) is 0 Å². The molecule has 0 unspecified atom stereocenters. The second-order valence-corrected chi connectivity index (χ2v) is 4.38. The number of pyridine rings is 1. The second kappa shape index (κ2) is 6.74. The molecular formula is C13H19N3O2. The number of carbonyl (C=O) groups excluding carboxylic acids is 2. The zero-order valence-corrected chi connectivity index (χ0v) is 10.8. The Kier molecular flexibility index (Phi) is 5.30. The van der Waals surface area contributed by atoms with Gasteiger partial charge < -0.3 is 10.6 Å². The molecule has 1 rings (SSSR count). The van der Waals surface area contributed by atoms with E-state index in [-0.39, 0.29) is 0 Å². The molecular weight excluding hydrogens is 230 g/mol. The molecule has 5 nitrogen and oxygen atoms in total. The van der Waals surface area contributed by atoms with Crippen molar-refractivity contribution in [1.82, 2.24) is 9.88 Å². The van der Waals surface area contributed by atoms with Gasteiger partial charge in [0.15, 0.2) is 0 Å². The van der Waals surface area contributed by atoms with E-state index in [1.165, 1.54) is 4.90 Å². The smallest absolute Gasteiger partial charge is 0.312 e. The number of aromatic nitrogens is 1. The summed E-state index contributed by atoms with van der Waals surface area (Å²) in [5.74, 6) is -1.26. The van der Waals surface area contributed by atoms with E-state index in [9.17, 15) is 9.59 Å². The summed E-state index contributed by atoms with van der Waals surface area (Å²) in [6.45, 7) is 4.89. The van der Waals surface area contributed by atoms with Crippen LogP contribution in [-0.2, 0) is 16.1 Å². The molecule has 0 saturated heterocycles. The Morgan fingerprint density at radius 3 is 2.67 bits per heavy atom. The van der Waals surface area contributed by atoms with E-state index in [4.69, 9.17) is 5.73 Å². The largest absolute Gasteiger partial charge is 0.361 e. The fraction of sp³-hybridized carbons (Fsp3) is 0.462. The molecule has 2 N–H and O–H groups in total. The SMILES string of the molecule is CC[C@H](C)CN(Cc1ccccn1)C(=O)C(N)=O. The maximum Gasteiger partial charge on any atom is 0.312 e. The van der Waals surface area contributed by atoms with Crippen LogP contribution < -0.4 is 5.73 Å². The summed E-state index contributed by atoms with van der Waals surface area (Å²) in [4.78, 5) is 28.3. The third-order valence-corrected chi connectivity index (χ3v) is 2.81. The maximum atomic E-state index is 11.7. The molecule has 0 spiro atoms. The van der Waals surface area contributed by atoms with Crippen LogP contribution in [0.4, 0.5) is 0 Å². The molecule has 0 aliphatic rings. The van der Waals surface area contributed by atoms with Crippen molar-refractivity contribution < 1.29 is 9.59 Å². The van der Waals surface area contributed by atoms with Crippen molar-refractivity contribution in [2.45, 2.75) is 26.8 Å². The molecule has 1 aromatic heterocycles. The van der Waals surface area contributed by atoms with Gasteiger partial charge in [-0.1, -0.05) is 26.3 Å². The minimum Gasteiger partial charge on any atom is -0.361 e. The standard InChI is InChI=1S/C13H19N3O2/c1-3-10(2)8-16(13(18)12(14)17)9-11-6-4-5-7-15-11/h4-7,10H,3,8-9H2,1-2H3,(H2,14,17)/t10-/m0/s1. The van der Waals surface area contributed by atoms with Crippen molar-refractivity contribution in [2.75, 3.05) is 6.54 Å². The van der Waals surface area contributed by atoms with Gasteiger partial charge in [0.05, 0.1) is 12.2 Å². The van der Waals surface area contributed by atoms with E-state index >= 15 is 0 Å². The number of nitrogens with two attached hydrogens (primary N) is 1. The predicted molar refractivity (Wildman–Crippen MR) is 68.3 cm³/mol. The van der Waals surface area contributed by atoms with Crippen LogP contribution in [0.25, 0.3) is 0 Å². The third-order valence-electron chi connectivity index (χ3n) is 2.81. The lowest BCUT2D eigenvalue weighted by Crippen LogP contribution is -2.42. The van der Waals surface area contributed by atoms with E-state index in [1.54, 1.807) is 12.3 Å². The van der Waals surface area contributed by atoms with Crippen LogP contribution in [-0.4, -0.2) is 28.2 Å². The number of amides is 2. The molecule has 0 aromatic carbocycles. The minimum atomic E-state index is -0.922. The van der Waals surface area contributed by atoms with Gasteiger partial charge in [-0.05, 0) is 18.1 Å². The van der Waals surface area contributed by atoms with E-state index < -0.39 is 11.8 Å². The molecule has 2 amide bonds. The van der Waals surface area contributed by atoms with Gasteiger partial charge in [-0.25, -0.2) is 0 Å². The van der Waals surface area contributed by atoms with Crippen LogP contribution in [0.15, 0.2) is 24.4 Å². The Hall–Kier alpha value is -1.91. The van der Waals surface area contributed by atoms with Gasteiger partial charge in [-0.2, -0.15) is 0 Å². The van der Waals surface area contributed by atoms with Gasteiger partial charge in [0.2, 0.25) is 0 Å². The molecule has 18 heavy (non-hydrogen) atoms. The van der Waals surface area contributed by atoms with Gasteiger partial charge in [0, 0.05) is 12.7 Å². The molecule has 98 valence electrons. The average molecular weight is 249 g/mol. The molecule has 0 fully saturated rings. The Balaban J connectivity index is 2.77. The van der Waals surface area contributed by atoms with Crippen molar-refractivity contribution in [2.24, 2.45) is 11.7 Å². The molecule has 0 aliphatic heterocycles. The first-order chi connectivity index (χ1) is 8.54. The van der Waals surface area contributed by atoms with Crippen molar-refractivity contribution in [3.63, 3.8) is 0 Å². The Morgan fingerprint density at radius 2 is 2.17 bits per heavy atom. The molecule has 0 saturated carbocycles. The first-order valence-electron chi connectivity index (χ1n) is 6.03. The van der Waals surface area contributed by atoms with E-state index in [1.807, 2.05) is 26.0 Å². The van der Waals surface area contributed by atoms with Gasteiger partial charge in [0.1, 0.15) is 0 Å².